The standard InChI is InChI=1S/C12H19N5OS/c1-12(2,3)9-5-4-8(19-9)10(11(13)18)15-6-7-16-17-14/h4-5,10,15H,6-7H2,1-3H3,(H2,13,18). The van der Waals surface area contributed by atoms with Gasteiger partial charge in [-0.1, -0.05) is 25.9 Å². The van der Waals surface area contributed by atoms with Gasteiger partial charge in [0.2, 0.25) is 5.91 Å². The van der Waals surface area contributed by atoms with Crippen molar-refractivity contribution in [2.45, 2.75) is 32.2 Å². The first-order valence-corrected chi connectivity index (χ1v) is 6.81. The maximum Gasteiger partial charge on any atom is 0.239 e. The number of thiophene rings is 1. The van der Waals surface area contributed by atoms with Crippen molar-refractivity contribution in [3.05, 3.63) is 32.3 Å². The van der Waals surface area contributed by atoms with Crippen molar-refractivity contribution in [2.24, 2.45) is 10.8 Å². The Labute approximate surface area is 116 Å². The number of nitrogens with zero attached hydrogens (tertiary/aromatic N) is 3. The van der Waals surface area contributed by atoms with E-state index in [0.717, 1.165) is 4.88 Å². The van der Waals surface area contributed by atoms with E-state index in [1.165, 1.54) is 4.88 Å². The van der Waals surface area contributed by atoms with Gasteiger partial charge in [0.05, 0.1) is 0 Å². The van der Waals surface area contributed by atoms with Crippen LogP contribution >= 0.6 is 11.3 Å². The quantitative estimate of drug-likeness (QED) is 0.362. The lowest BCUT2D eigenvalue weighted by Crippen LogP contribution is -2.34. The molecule has 1 rings (SSSR count). The third-order valence-electron chi connectivity index (χ3n) is 2.56. The Morgan fingerprint density at radius 1 is 1.58 bits per heavy atom. The fourth-order valence-corrected chi connectivity index (χ4v) is 2.71. The molecule has 0 fully saturated rings. The number of hydrogen-bond donors (Lipinski definition) is 2. The zero-order valence-corrected chi connectivity index (χ0v) is 12.2. The van der Waals surface area contributed by atoms with Gasteiger partial charge in [-0.25, -0.2) is 0 Å². The topological polar surface area (TPSA) is 104 Å². The Hall–Kier alpha value is -1.56. The lowest BCUT2D eigenvalue weighted by atomic mass is 9.95. The number of hydrogen-bond acceptors (Lipinski definition) is 4. The van der Waals surface area contributed by atoms with Crippen LogP contribution in [0.5, 0.6) is 0 Å². The van der Waals surface area contributed by atoms with Crippen LogP contribution in [0.15, 0.2) is 17.2 Å². The van der Waals surface area contributed by atoms with E-state index in [1.54, 1.807) is 11.3 Å². The molecule has 3 N–H and O–H groups in total. The lowest BCUT2D eigenvalue weighted by Gasteiger charge is -2.16. The summed E-state index contributed by atoms with van der Waals surface area (Å²) in [5.74, 6) is -0.428. The zero-order valence-electron chi connectivity index (χ0n) is 11.4. The third kappa shape index (κ3) is 4.55. The van der Waals surface area contributed by atoms with Gasteiger partial charge >= 0.3 is 0 Å². The highest BCUT2D eigenvalue weighted by atomic mass is 32.1. The molecule has 104 valence electrons. The molecule has 0 aliphatic rings. The van der Waals surface area contributed by atoms with Gasteiger partial charge in [-0.05, 0) is 23.1 Å². The van der Waals surface area contributed by atoms with Crippen LogP contribution < -0.4 is 11.1 Å². The number of primary amides is 1. The number of carbonyl (C=O) groups excluding carboxylic acids is 1. The first-order valence-electron chi connectivity index (χ1n) is 6.00. The minimum Gasteiger partial charge on any atom is -0.368 e. The van der Waals surface area contributed by atoms with Crippen molar-refractivity contribution < 1.29 is 4.79 Å². The van der Waals surface area contributed by atoms with Crippen LogP contribution in [0.4, 0.5) is 0 Å². The van der Waals surface area contributed by atoms with E-state index >= 15 is 0 Å². The molecule has 1 heterocycles. The molecule has 6 nitrogen and oxygen atoms in total. The number of amides is 1. The van der Waals surface area contributed by atoms with Gasteiger partial charge in [-0.3, -0.25) is 4.79 Å². The van der Waals surface area contributed by atoms with E-state index in [0.29, 0.717) is 6.54 Å². The average molecular weight is 281 g/mol. The molecule has 1 unspecified atom stereocenters. The van der Waals surface area contributed by atoms with Gasteiger partial charge in [0.15, 0.2) is 0 Å². The van der Waals surface area contributed by atoms with E-state index in [9.17, 15) is 4.79 Å². The molecule has 0 saturated carbocycles. The molecule has 1 aromatic rings. The molecule has 1 atom stereocenters. The summed E-state index contributed by atoms with van der Waals surface area (Å²) in [5.41, 5.74) is 13.6. The van der Waals surface area contributed by atoms with Crippen LogP contribution in [0, 0.1) is 0 Å². The van der Waals surface area contributed by atoms with Crippen molar-refractivity contribution in [1.29, 1.82) is 0 Å². The molecular formula is C12H19N5OS. The van der Waals surface area contributed by atoms with Gasteiger partial charge in [-0.15, -0.1) is 11.3 Å². The molecule has 0 aliphatic carbocycles. The Bertz CT molecular complexity index is 485. The molecule has 0 radical (unpaired) electrons. The van der Waals surface area contributed by atoms with Crippen molar-refractivity contribution in [3.8, 4) is 0 Å². The van der Waals surface area contributed by atoms with Crippen molar-refractivity contribution >= 4 is 17.2 Å². The fraction of sp³-hybridized carbons (Fsp3) is 0.583. The summed E-state index contributed by atoms with van der Waals surface area (Å²) in [5, 5.41) is 6.42. The molecule has 7 heteroatoms. The van der Waals surface area contributed by atoms with Crippen LogP contribution in [-0.2, 0) is 10.2 Å². The maximum atomic E-state index is 11.5. The third-order valence-corrected chi connectivity index (χ3v) is 4.13. The number of azide groups is 1. The van der Waals surface area contributed by atoms with Crippen LogP contribution in [0.2, 0.25) is 0 Å². The van der Waals surface area contributed by atoms with E-state index < -0.39 is 11.9 Å². The van der Waals surface area contributed by atoms with Crippen LogP contribution in [0.25, 0.3) is 10.4 Å². The number of nitrogens with two attached hydrogens (primary N) is 1. The first-order chi connectivity index (χ1) is 8.86. The van der Waals surface area contributed by atoms with Gasteiger partial charge in [0.25, 0.3) is 0 Å². The molecular weight excluding hydrogens is 262 g/mol. The summed E-state index contributed by atoms with van der Waals surface area (Å²) < 4.78 is 0. The largest absolute Gasteiger partial charge is 0.368 e. The lowest BCUT2D eigenvalue weighted by molar-refractivity contribution is -0.120. The predicted octanol–water partition coefficient (Wildman–Crippen LogP) is 2.47. The molecule has 0 bridgehead atoms. The second-order valence-corrected chi connectivity index (χ2v) is 6.31. The summed E-state index contributed by atoms with van der Waals surface area (Å²) in [6, 6.07) is 3.40. The SMILES string of the molecule is CC(C)(C)c1ccc(C(NCCN=[N+]=[N-])C(N)=O)s1. The minimum atomic E-state index is -0.532. The molecule has 1 amide bonds. The second kappa shape index (κ2) is 6.56. The van der Waals surface area contributed by atoms with Crippen LogP contribution in [-0.4, -0.2) is 19.0 Å². The molecule has 0 aromatic carbocycles. The predicted molar refractivity (Wildman–Crippen MR) is 77.0 cm³/mol. The Kier molecular flexibility index (Phi) is 5.35. The van der Waals surface area contributed by atoms with Crippen LogP contribution in [0.3, 0.4) is 0 Å². The average Bonchev–Trinajstić information content (AvgIpc) is 2.77. The normalized spacial score (nSPS) is 12.8. The van der Waals surface area contributed by atoms with Crippen molar-refractivity contribution in [3.63, 3.8) is 0 Å². The van der Waals surface area contributed by atoms with Gasteiger partial charge in [-0.2, -0.15) is 0 Å². The van der Waals surface area contributed by atoms with E-state index in [4.69, 9.17) is 11.3 Å². The molecule has 19 heavy (non-hydrogen) atoms. The fourth-order valence-electron chi connectivity index (χ4n) is 1.56. The monoisotopic (exact) mass is 281 g/mol. The molecule has 0 aliphatic heterocycles. The Balaban J connectivity index is 2.79. The summed E-state index contributed by atoms with van der Waals surface area (Å²) >= 11 is 1.57. The summed E-state index contributed by atoms with van der Waals surface area (Å²) in [7, 11) is 0. The highest BCUT2D eigenvalue weighted by Crippen LogP contribution is 2.32. The Morgan fingerprint density at radius 2 is 2.26 bits per heavy atom. The highest BCUT2D eigenvalue weighted by Gasteiger charge is 2.22. The van der Waals surface area contributed by atoms with Gasteiger partial charge < -0.3 is 11.1 Å². The second-order valence-electron chi connectivity index (χ2n) is 5.20. The smallest absolute Gasteiger partial charge is 0.239 e. The van der Waals surface area contributed by atoms with E-state index in [1.807, 2.05) is 12.1 Å². The maximum absolute atomic E-state index is 11.5. The molecule has 1 aromatic heterocycles. The van der Waals surface area contributed by atoms with Crippen LogP contribution in [0.1, 0.15) is 36.6 Å². The van der Waals surface area contributed by atoms with Crippen molar-refractivity contribution in [1.82, 2.24) is 5.32 Å². The molecule has 0 saturated heterocycles. The highest BCUT2D eigenvalue weighted by molar-refractivity contribution is 7.12. The summed E-state index contributed by atoms with van der Waals surface area (Å²) in [6.07, 6.45) is 0. The molecule has 0 spiro atoms. The summed E-state index contributed by atoms with van der Waals surface area (Å²) in [6.45, 7) is 7.07. The zero-order chi connectivity index (χ0) is 14.5. The minimum absolute atomic E-state index is 0.0518. The van der Waals surface area contributed by atoms with Gasteiger partial charge in [0.1, 0.15) is 6.04 Å². The van der Waals surface area contributed by atoms with Gasteiger partial charge in [0, 0.05) is 27.8 Å². The number of carbonyl (C=O) groups is 1. The van der Waals surface area contributed by atoms with Crippen molar-refractivity contribution in [2.75, 3.05) is 13.1 Å². The first kappa shape index (κ1) is 15.5. The van der Waals surface area contributed by atoms with E-state index in [-0.39, 0.29) is 12.0 Å². The Morgan fingerprint density at radius 3 is 2.74 bits per heavy atom. The summed E-state index contributed by atoms with van der Waals surface area (Å²) in [4.78, 5) is 16.2. The number of nitrogens with one attached hydrogen (secondary N) is 1. The number of rotatable bonds is 6. The van der Waals surface area contributed by atoms with E-state index in [2.05, 4.69) is 36.1 Å².